The van der Waals surface area contributed by atoms with Crippen molar-refractivity contribution in [3.63, 3.8) is 0 Å². The third-order valence-electron chi connectivity index (χ3n) is 3.01. The maximum Gasteiger partial charge on any atom is 0.235 e. The molecule has 1 aromatic carbocycles. The highest BCUT2D eigenvalue weighted by molar-refractivity contribution is 6.27. The summed E-state index contributed by atoms with van der Waals surface area (Å²) in [5.74, 6) is -0.423. The van der Waals surface area contributed by atoms with E-state index in [2.05, 4.69) is 5.32 Å². The van der Waals surface area contributed by atoms with Crippen molar-refractivity contribution >= 4 is 17.5 Å². The Bertz CT molecular complexity index is 448. The van der Waals surface area contributed by atoms with Gasteiger partial charge in [-0.2, -0.15) is 0 Å². The van der Waals surface area contributed by atoms with Gasteiger partial charge >= 0.3 is 0 Å². The number of amides is 1. The summed E-state index contributed by atoms with van der Waals surface area (Å²) in [6.45, 7) is 0. The molecule has 0 aliphatic heterocycles. The van der Waals surface area contributed by atoms with Gasteiger partial charge in [-0.25, -0.2) is 0 Å². The molecule has 0 heterocycles. The predicted octanol–water partition coefficient (Wildman–Crippen LogP) is 1.31. The van der Waals surface area contributed by atoms with Gasteiger partial charge in [0.1, 0.15) is 5.88 Å². The molecule has 1 atom stereocenters. The molecule has 0 fully saturated rings. The standard InChI is InChI=1S/C12H14ClNO3/c13-6-12(17)14-9-2-1-7-4-10(15)11(16)5-8(7)3-9/h4-5,9,15-16H,1-3,6H2,(H,14,17). The zero-order chi connectivity index (χ0) is 12.4. The number of aromatic hydroxyl groups is 2. The molecule has 92 valence electrons. The summed E-state index contributed by atoms with van der Waals surface area (Å²) in [5.41, 5.74) is 1.99. The molecule has 1 aromatic rings. The second-order valence-corrected chi connectivity index (χ2v) is 4.52. The Balaban J connectivity index is 2.13. The number of nitrogens with one attached hydrogen (secondary N) is 1. The molecular weight excluding hydrogens is 242 g/mol. The highest BCUT2D eigenvalue weighted by Crippen LogP contribution is 2.32. The average Bonchev–Trinajstić information content (AvgIpc) is 2.31. The molecular formula is C12H14ClNO3. The molecule has 4 nitrogen and oxygen atoms in total. The lowest BCUT2D eigenvalue weighted by Gasteiger charge is -2.25. The predicted molar refractivity (Wildman–Crippen MR) is 64.4 cm³/mol. The van der Waals surface area contributed by atoms with Gasteiger partial charge in [0, 0.05) is 6.04 Å². The van der Waals surface area contributed by atoms with Crippen LogP contribution >= 0.6 is 11.6 Å². The topological polar surface area (TPSA) is 69.6 Å². The van der Waals surface area contributed by atoms with E-state index in [1.54, 1.807) is 12.1 Å². The fourth-order valence-corrected chi connectivity index (χ4v) is 2.25. The van der Waals surface area contributed by atoms with Crippen LogP contribution < -0.4 is 5.32 Å². The number of hydrogen-bond acceptors (Lipinski definition) is 3. The number of phenolic OH excluding ortho intramolecular Hbond substituents is 2. The van der Waals surface area contributed by atoms with Crippen LogP contribution in [0.25, 0.3) is 0 Å². The van der Waals surface area contributed by atoms with E-state index in [1.165, 1.54) is 0 Å². The first-order chi connectivity index (χ1) is 8.10. The molecule has 2 rings (SSSR count). The second-order valence-electron chi connectivity index (χ2n) is 4.25. The number of carbonyl (C=O) groups is 1. The van der Waals surface area contributed by atoms with E-state index in [1.807, 2.05) is 0 Å². The summed E-state index contributed by atoms with van der Waals surface area (Å²) < 4.78 is 0. The lowest BCUT2D eigenvalue weighted by atomic mass is 9.88. The Kier molecular flexibility index (Phi) is 3.43. The van der Waals surface area contributed by atoms with Crippen molar-refractivity contribution in [3.8, 4) is 11.5 Å². The zero-order valence-electron chi connectivity index (χ0n) is 9.24. The minimum Gasteiger partial charge on any atom is -0.504 e. The highest BCUT2D eigenvalue weighted by atomic mass is 35.5. The molecule has 0 spiro atoms. The van der Waals surface area contributed by atoms with Gasteiger partial charge in [-0.3, -0.25) is 4.79 Å². The molecule has 1 aliphatic carbocycles. The van der Waals surface area contributed by atoms with E-state index in [-0.39, 0.29) is 29.3 Å². The Labute approximate surface area is 104 Å². The Morgan fingerprint density at radius 1 is 1.35 bits per heavy atom. The van der Waals surface area contributed by atoms with Crippen molar-refractivity contribution in [3.05, 3.63) is 23.3 Å². The van der Waals surface area contributed by atoms with E-state index in [9.17, 15) is 15.0 Å². The first kappa shape index (κ1) is 12.0. The largest absolute Gasteiger partial charge is 0.504 e. The summed E-state index contributed by atoms with van der Waals surface area (Å²) in [7, 11) is 0. The molecule has 1 unspecified atom stereocenters. The van der Waals surface area contributed by atoms with Crippen LogP contribution in [-0.4, -0.2) is 28.0 Å². The summed E-state index contributed by atoms with van der Waals surface area (Å²) in [4.78, 5) is 11.2. The van der Waals surface area contributed by atoms with Crippen molar-refractivity contribution in [2.75, 3.05) is 5.88 Å². The quantitative estimate of drug-likeness (QED) is 0.551. The number of phenols is 2. The number of fused-ring (bicyclic) bond motifs is 1. The fourth-order valence-electron chi connectivity index (χ4n) is 2.17. The number of benzene rings is 1. The normalized spacial score (nSPS) is 18.5. The van der Waals surface area contributed by atoms with Gasteiger partial charge in [0.2, 0.25) is 5.91 Å². The first-order valence-electron chi connectivity index (χ1n) is 5.49. The van der Waals surface area contributed by atoms with Crippen molar-refractivity contribution in [2.45, 2.75) is 25.3 Å². The van der Waals surface area contributed by atoms with E-state index in [4.69, 9.17) is 11.6 Å². The third kappa shape index (κ3) is 2.64. The third-order valence-corrected chi connectivity index (χ3v) is 3.25. The molecule has 0 aromatic heterocycles. The Hall–Kier alpha value is -1.42. The first-order valence-corrected chi connectivity index (χ1v) is 6.02. The maximum atomic E-state index is 11.2. The van der Waals surface area contributed by atoms with E-state index in [0.29, 0.717) is 6.42 Å². The van der Waals surface area contributed by atoms with Crippen LogP contribution in [0.15, 0.2) is 12.1 Å². The lowest BCUT2D eigenvalue weighted by Crippen LogP contribution is -2.39. The van der Waals surface area contributed by atoms with Crippen molar-refractivity contribution in [1.29, 1.82) is 0 Å². The number of rotatable bonds is 2. The number of carbonyl (C=O) groups excluding carboxylic acids is 1. The molecule has 17 heavy (non-hydrogen) atoms. The average molecular weight is 256 g/mol. The van der Waals surface area contributed by atoms with Crippen LogP contribution in [0.3, 0.4) is 0 Å². The number of hydrogen-bond donors (Lipinski definition) is 3. The number of aryl methyl sites for hydroxylation is 1. The summed E-state index contributed by atoms with van der Waals surface area (Å²) in [5, 5.41) is 21.6. The molecule has 3 N–H and O–H groups in total. The van der Waals surface area contributed by atoms with Gasteiger partial charge in [0.05, 0.1) is 0 Å². The zero-order valence-corrected chi connectivity index (χ0v) is 10.00. The lowest BCUT2D eigenvalue weighted by molar-refractivity contribution is -0.119. The van der Waals surface area contributed by atoms with Crippen LogP contribution in [0.5, 0.6) is 11.5 Å². The fraction of sp³-hybridized carbons (Fsp3) is 0.417. The Morgan fingerprint density at radius 3 is 2.65 bits per heavy atom. The minimum absolute atomic E-state index is 0.0375. The SMILES string of the molecule is O=C(CCl)NC1CCc2cc(O)c(O)cc2C1. The van der Waals surface area contributed by atoms with E-state index >= 15 is 0 Å². The van der Waals surface area contributed by atoms with Gasteiger partial charge in [0.25, 0.3) is 0 Å². The molecule has 5 heteroatoms. The van der Waals surface area contributed by atoms with Gasteiger partial charge in [-0.05, 0) is 42.5 Å². The van der Waals surface area contributed by atoms with Crippen LogP contribution in [0.1, 0.15) is 17.5 Å². The minimum atomic E-state index is -0.178. The van der Waals surface area contributed by atoms with Crippen LogP contribution in [0.2, 0.25) is 0 Å². The van der Waals surface area contributed by atoms with Crippen LogP contribution in [-0.2, 0) is 17.6 Å². The van der Waals surface area contributed by atoms with E-state index < -0.39 is 0 Å². The summed E-state index contributed by atoms with van der Waals surface area (Å²) in [6.07, 6.45) is 2.25. The number of halogens is 1. The van der Waals surface area contributed by atoms with Crippen LogP contribution in [0, 0.1) is 0 Å². The molecule has 0 radical (unpaired) electrons. The maximum absolute atomic E-state index is 11.2. The Morgan fingerprint density at radius 2 is 2.00 bits per heavy atom. The molecule has 0 saturated heterocycles. The smallest absolute Gasteiger partial charge is 0.235 e. The molecule has 1 aliphatic rings. The molecule has 0 bridgehead atoms. The van der Waals surface area contributed by atoms with E-state index in [0.717, 1.165) is 24.0 Å². The second kappa shape index (κ2) is 4.84. The van der Waals surface area contributed by atoms with Gasteiger partial charge in [0.15, 0.2) is 11.5 Å². The highest BCUT2D eigenvalue weighted by Gasteiger charge is 2.21. The van der Waals surface area contributed by atoms with Crippen molar-refractivity contribution in [2.24, 2.45) is 0 Å². The number of alkyl halides is 1. The molecule has 0 saturated carbocycles. The van der Waals surface area contributed by atoms with Crippen molar-refractivity contribution in [1.82, 2.24) is 5.32 Å². The summed E-state index contributed by atoms with van der Waals surface area (Å²) >= 11 is 5.43. The summed E-state index contributed by atoms with van der Waals surface area (Å²) in [6, 6.07) is 3.20. The van der Waals surface area contributed by atoms with Crippen LogP contribution in [0.4, 0.5) is 0 Å². The monoisotopic (exact) mass is 255 g/mol. The van der Waals surface area contributed by atoms with Gasteiger partial charge in [-0.15, -0.1) is 11.6 Å². The van der Waals surface area contributed by atoms with Crippen molar-refractivity contribution < 1.29 is 15.0 Å². The molecule has 1 amide bonds. The van der Waals surface area contributed by atoms with Gasteiger partial charge < -0.3 is 15.5 Å². The van der Waals surface area contributed by atoms with Gasteiger partial charge in [-0.1, -0.05) is 0 Å².